The van der Waals surface area contributed by atoms with Crippen LogP contribution in [0.2, 0.25) is 0 Å². The van der Waals surface area contributed by atoms with Crippen molar-refractivity contribution in [2.24, 2.45) is 5.92 Å². The third kappa shape index (κ3) is 1.87. The van der Waals surface area contributed by atoms with E-state index in [-0.39, 0.29) is 5.41 Å². The molecule has 0 fully saturated rings. The molecule has 5 atom stereocenters. The Morgan fingerprint density at radius 3 is 2.48 bits per heavy atom. The van der Waals surface area contributed by atoms with E-state index in [9.17, 15) is 5.11 Å². The van der Waals surface area contributed by atoms with Crippen LogP contribution in [0.5, 0.6) is 11.5 Å². The van der Waals surface area contributed by atoms with Crippen LogP contribution in [0.1, 0.15) is 79.3 Å². The molecule has 2 aromatic carbocycles. The summed E-state index contributed by atoms with van der Waals surface area (Å²) in [6.45, 7) is 13.7. The van der Waals surface area contributed by atoms with Crippen molar-refractivity contribution in [2.45, 2.75) is 70.8 Å². The maximum Gasteiger partial charge on any atom is 0.139 e. The SMILES string of the molecule is Cc1ccc2c3c1C(C)CC3(C)C1C(C)c3c(C)cc(Br)c(O)c3C1(C)O2. The van der Waals surface area contributed by atoms with Crippen molar-refractivity contribution in [1.29, 1.82) is 0 Å². The summed E-state index contributed by atoms with van der Waals surface area (Å²) < 4.78 is 7.57. The average molecular weight is 427 g/mol. The van der Waals surface area contributed by atoms with Gasteiger partial charge in [-0.1, -0.05) is 26.8 Å². The zero-order valence-corrected chi connectivity index (χ0v) is 18.5. The fourth-order valence-electron chi connectivity index (χ4n) is 7.31. The molecule has 0 spiro atoms. The third-order valence-corrected chi connectivity index (χ3v) is 8.38. The maximum atomic E-state index is 11.0. The van der Waals surface area contributed by atoms with Gasteiger partial charge in [-0.25, -0.2) is 0 Å². The molecule has 2 nitrogen and oxygen atoms in total. The van der Waals surface area contributed by atoms with Crippen molar-refractivity contribution in [3.8, 4) is 11.5 Å². The Morgan fingerprint density at radius 2 is 1.78 bits per heavy atom. The number of phenolic OH excluding ortho intramolecular Hbond substituents is 1. The van der Waals surface area contributed by atoms with E-state index >= 15 is 0 Å². The normalized spacial score (nSPS) is 35.4. The molecule has 0 amide bonds. The topological polar surface area (TPSA) is 29.5 Å². The van der Waals surface area contributed by atoms with Crippen molar-refractivity contribution in [3.63, 3.8) is 0 Å². The third-order valence-electron chi connectivity index (χ3n) is 7.77. The molecule has 5 rings (SSSR count). The molecule has 1 heterocycles. The molecule has 3 aliphatic rings. The molecule has 27 heavy (non-hydrogen) atoms. The highest BCUT2D eigenvalue weighted by molar-refractivity contribution is 9.10. The molecule has 0 bridgehead atoms. The molecule has 1 N–H and O–H groups in total. The lowest BCUT2D eigenvalue weighted by Crippen LogP contribution is -2.50. The Morgan fingerprint density at radius 1 is 1.07 bits per heavy atom. The number of aromatic hydroxyl groups is 1. The molecule has 142 valence electrons. The van der Waals surface area contributed by atoms with Gasteiger partial charge >= 0.3 is 0 Å². The number of ether oxygens (including phenoxy) is 1. The van der Waals surface area contributed by atoms with Crippen LogP contribution in [-0.2, 0) is 11.0 Å². The molecule has 0 aromatic heterocycles. The molecule has 0 radical (unpaired) electrons. The van der Waals surface area contributed by atoms with Crippen LogP contribution >= 0.6 is 15.9 Å². The first-order valence-electron chi connectivity index (χ1n) is 9.96. The number of halogens is 1. The number of benzene rings is 2. The second-order valence-corrected chi connectivity index (χ2v) is 10.3. The van der Waals surface area contributed by atoms with E-state index in [0.29, 0.717) is 23.5 Å². The molecule has 3 heteroatoms. The van der Waals surface area contributed by atoms with Gasteiger partial charge in [0.2, 0.25) is 0 Å². The predicted molar refractivity (Wildman–Crippen MR) is 112 cm³/mol. The van der Waals surface area contributed by atoms with E-state index in [2.05, 4.69) is 69.6 Å². The largest absolute Gasteiger partial charge is 0.506 e. The van der Waals surface area contributed by atoms with Crippen molar-refractivity contribution in [3.05, 3.63) is 56.1 Å². The number of phenols is 1. The Bertz CT molecular complexity index is 1010. The van der Waals surface area contributed by atoms with Crippen molar-refractivity contribution >= 4 is 15.9 Å². The van der Waals surface area contributed by atoms with Gasteiger partial charge in [-0.3, -0.25) is 0 Å². The summed E-state index contributed by atoms with van der Waals surface area (Å²) in [5.74, 6) is 2.53. The second kappa shape index (κ2) is 5.11. The number of aryl methyl sites for hydroxylation is 2. The van der Waals surface area contributed by atoms with Gasteiger partial charge in [0.05, 0.1) is 4.47 Å². The van der Waals surface area contributed by atoms with E-state index in [1.54, 1.807) is 0 Å². The van der Waals surface area contributed by atoms with E-state index in [0.717, 1.165) is 22.2 Å². The lowest BCUT2D eigenvalue weighted by atomic mass is 9.61. The minimum atomic E-state index is -0.522. The fraction of sp³-hybridized carbons (Fsp3) is 0.500. The summed E-state index contributed by atoms with van der Waals surface area (Å²) in [5.41, 5.74) is 7.31. The standard InChI is InChI=1S/C24H27BrO2/c1-11-7-8-16-19-17(11)13(3)10-23(19,5)22-14(4)18-12(2)9-15(25)21(26)20(18)24(22,6)27-16/h7-9,13-14,22,26H,10H2,1-6H3. The highest BCUT2D eigenvalue weighted by Crippen LogP contribution is 2.69. The summed E-state index contributed by atoms with van der Waals surface area (Å²) in [6.07, 6.45) is 1.14. The van der Waals surface area contributed by atoms with Gasteiger partial charge in [0.15, 0.2) is 0 Å². The van der Waals surface area contributed by atoms with Gasteiger partial charge in [-0.2, -0.15) is 0 Å². The van der Waals surface area contributed by atoms with Crippen molar-refractivity contribution in [2.75, 3.05) is 0 Å². The fourth-order valence-corrected chi connectivity index (χ4v) is 7.85. The summed E-state index contributed by atoms with van der Waals surface area (Å²) >= 11 is 3.56. The highest BCUT2D eigenvalue weighted by atomic mass is 79.9. The van der Waals surface area contributed by atoms with Gasteiger partial charge < -0.3 is 9.84 Å². The van der Waals surface area contributed by atoms with Gasteiger partial charge in [0.25, 0.3) is 0 Å². The van der Waals surface area contributed by atoms with Crippen LogP contribution in [0.25, 0.3) is 0 Å². The Kier molecular flexibility index (Phi) is 3.33. The summed E-state index contributed by atoms with van der Waals surface area (Å²) in [4.78, 5) is 0. The average Bonchev–Trinajstić information content (AvgIpc) is 2.98. The van der Waals surface area contributed by atoms with Gasteiger partial charge in [-0.15, -0.1) is 0 Å². The Labute approximate surface area is 170 Å². The van der Waals surface area contributed by atoms with E-state index < -0.39 is 5.60 Å². The van der Waals surface area contributed by atoms with Crippen LogP contribution in [0.15, 0.2) is 22.7 Å². The first kappa shape index (κ1) is 17.6. The molecule has 2 aliphatic carbocycles. The molecule has 2 aromatic rings. The van der Waals surface area contributed by atoms with Gasteiger partial charge in [-0.05, 0) is 89.3 Å². The second-order valence-electron chi connectivity index (χ2n) is 9.48. The molecule has 0 saturated heterocycles. The Hall–Kier alpha value is -1.48. The summed E-state index contributed by atoms with van der Waals surface area (Å²) in [7, 11) is 0. The van der Waals surface area contributed by atoms with Crippen molar-refractivity contribution < 1.29 is 9.84 Å². The van der Waals surface area contributed by atoms with Crippen LogP contribution in [-0.4, -0.2) is 5.11 Å². The quantitative estimate of drug-likeness (QED) is 0.515. The number of fused-ring (bicyclic) bond motifs is 4. The zero-order chi connectivity index (χ0) is 19.5. The molecule has 1 aliphatic heterocycles. The van der Waals surface area contributed by atoms with Crippen LogP contribution in [0, 0.1) is 19.8 Å². The smallest absolute Gasteiger partial charge is 0.139 e. The highest BCUT2D eigenvalue weighted by Gasteiger charge is 2.64. The van der Waals surface area contributed by atoms with E-state index in [1.165, 1.54) is 27.8 Å². The minimum absolute atomic E-state index is 0.0485. The molecular formula is C24H27BrO2. The van der Waals surface area contributed by atoms with Crippen LogP contribution < -0.4 is 4.74 Å². The zero-order valence-electron chi connectivity index (χ0n) is 16.9. The number of rotatable bonds is 0. The Balaban J connectivity index is 1.86. The number of hydrogen-bond donors (Lipinski definition) is 1. The molecular weight excluding hydrogens is 400 g/mol. The lowest BCUT2D eigenvalue weighted by Gasteiger charge is -2.50. The first-order valence-corrected chi connectivity index (χ1v) is 10.8. The minimum Gasteiger partial charge on any atom is -0.506 e. The summed E-state index contributed by atoms with van der Waals surface area (Å²) in [6, 6.07) is 6.40. The maximum absolute atomic E-state index is 11.0. The number of hydrogen-bond acceptors (Lipinski definition) is 2. The van der Waals surface area contributed by atoms with Crippen LogP contribution in [0.3, 0.4) is 0 Å². The van der Waals surface area contributed by atoms with E-state index in [4.69, 9.17) is 4.74 Å². The van der Waals surface area contributed by atoms with Gasteiger partial charge in [0, 0.05) is 22.5 Å². The first-order chi connectivity index (χ1) is 12.6. The van der Waals surface area contributed by atoms with Gasteiger partial charge in [0.1, 0.15) is 17.1 Å². The summed E-state index contributed by atoms with van der Waals surface area (Å²) in [5, 5.41) is 11.0. The molecule has 0 saturated carbocycles. The predicted octanol–water partition coefficient (Wildman–Crippen LogP) is 6.58. The lowest BCUT2D eigenvalue weighted by molar-refractivity contribution is -0.0350. The molecule has 5 unspecified atom stereocenters. The van der Waals surface area contributed by atoms with Crippen molar-refractivity contribution in [1.82, 2.24) is 0 Å². The monoisotopic (exact) mass is 426 g/mol. The van der Waals surface area contributed by atoms with Crippen LogP contribution in [0.4, 0.5) is 0 Å². The van der Waals surface area contributed by atoms with E-state index in [1.807, 2.05) is 6.07 Å².